The Morgan fingerprint density at radius 1 is 0.889 bits per heavy atom. The van der Waals surface area contributed by atoms with Crippen molar-refractivity contribution in [3.8, 4) is 0 Å². The van der Waals surface area contributed by atoms with Crippen LogP contribution in [0.1, 0.15) is 44.2 Å². The molecule has 0 aliphatic heterocycles. The fourth-order valence-corrected chi connectivity index (χ4v) is 2.63. The van der Waals surface area contributed by atoms with E-state index >= 15 is 0 Å². The molecule has 0 saturated heterocycles. The van der Waals surface area contributed by atoms with E-state index in [1.165, 1.54) is 37.0 Å². The highest BCUT2D eigenvalue weighted by atomic mass is 19.1. The molecule has 2 N–H and O–H groups in total. The maximum absolute atomic E-state index is 12.5. The Bertz CT molecular complexity index is 688. The summed E-state index contributed by atoms with van der Waals surface area (Å²) in [6.07, 6.45) is 7.62. The van der Waals surface area contributed by atoms with Gasteiger partial charge in [-0.3, -0.25) is 0 Å². The van der Waals surface area contributed by atoms with E-state index in [9.17, 15) is 8.78 Å². The van der Waals surface area contributed by atoms with Crippen LogP contribution in [0.2, 0.25) is 0 Å². The quantitative estimate of drug-likeness (QED) is 0.523. The number of nitrogens with two attached hydrogens (primary N) is 1. The zero-order chi connectivity index (χ0) is 19.9. The lowest BCUT2D eigenvalue weighted by Crippen LogP contribution is -2.03. The summed E-state index contributed by atoms with van der Waals surface area (Å²) in [5.41, 5.74) is 9.87. The summed E-state index contributed by atoms with van der Waals surface area (Å²) in [6, 6.07) is 16.9. The van der Waals surface area contributed by atoms with Crippen molar-refractivity contribution in [3.05, 3.63) is 95.1 Å². The Balaban J connectivity index is 0.000000271. The minimum atomic E-state index is -0.256. The molecule has 0 unspecified atom stereocenters. The van der Waals surface area contributed by atoms with E-state index in [2.05, 4.69) is 50.3 Å². The van der Waals surface area contributed by atoms with E-state index in [4.69, 9.17) is 5.73 Å². The molecule has 0 fully saturated rings. The van der Waals surface area contributed by atoms with Gasteiger partial charge in [-0.25, -0.2) is 8.78 Å². The normalized spacial score (nSPS) is 11.7. The second-order valence-corrected chi connectivity index (χ2v) is 6.38. The van der Waals surface area contributed by atoms with Crippen molar-refractivity contribution in [1.82, 2.24) is 0 Å². The summed E-state index contributed by atoms with van der Waals surface area (Å²) >= 11 is 0. The Labute approximate surface area is 162 Å². The molecule has 2 rings (SSSR count). The lowest BCUT2D eigenvalue weighted by atomic mass is 10.0. The Kier molecular flexibility index (Phi) is 11.7. The van der Waals surface area contributed by atoms with Gasteiger partial charge in [-0.05, 0) is 67.9 Å². The average molecular weight is 372 g/mol. The second kappa shape index (κ2) is 13.9. The molecule has 0 aromatic heterocycles. The van der Waals surface area contributed by atoms with Gasteiger partial charge in [-0.1, -0.05) is 61.0 Å². The molecule has 0 bridgehead atoms. The van der Waals surface area contributed by atoms with Gasteiger partial charge >= 0.3 is 0 Å². The maximum Gasteiger partial charge on any atom is 0.123 e. The highest BCUT2D eigenvalue weighted by Gasteiger charge is 1.98. The minimum Gasteiger partial charge on any atom is -0.327 e. The fraction of sp³-hybridized carbons (Fsp3) is 0.333. The summed E-state index contributed by atoms with van der Waals surface area (Å²) in [5, 5.41) is 0. The lowest BCUT2D eigenvalue weighted by molar-refractivity contribution is 0.626. The highest BCUT2D eigenvalue weighted by Crippen LogP contribution is 2.11. The van der Waals surface area contributed by atoms with Crippen molar-refractivity contribution in [2.24, 2.45) is 5.73 Å². The fourth-order valence-electron chi connectivity index (χ4n) is 2.63. The van der Waals surface area contributed by atoms with Crippen LogP contribution in [-0.4, -0.2) is 6.54 Å². The van der Waals surface area contributed by atoms with E-state index in [0.29, 0.717) is 24.7 Å². The first-order valence-corrected chi connectivity index (χ1v) is 9.53. The van der Waals surface area contributed by atoms with Gasteiger partial charge < -0.3 is 5.73 Å². The van der Waals surface area contributed by atoms with Crippen molar-refractivity contribution in [1.29, 1.82) is 0 Å². The van der Waals surface area contributed by atoms with E-state index in [-0.39, 0.29) is 12.4 Å². The highest BCUT2D eigenvalue weighted by molar-refractivity contribution is 5.18. The van der Waals surface area contributed by atoms with Crippen LogP contribution in [0.4, 0.5) is 8.78 Å². The van der Waals surface area contributed by atoms with Gasteiger partial charge in [0, 0.05) is 6.54 Å². The average Bonchev–Trinajstić information content (AvgIpc) is 2.72. The summed E-state index contributed by atoms with van der Waals surface area (Å²) < 4.78 is 24.6. The predicted molar refractivity (Wildman–Crippen MR) is 112 cm³/mol. The first-order valence-electron chi connectivity index (χ1n) is 9.53. The molecule has 0 radical (unpaired) electrons. The first-order chi connectivity index (χ1) is 13.1. The SMILES string of the molecule is C/C=C(/CC)CCc1ccccc1.NC/C(=C/F)CCc1ccc(F)cc1. The molecule has 27 heavy (non-hydrogen) atoms. The van der Waals surface area contributed by atoms with Gasteiger partial charge in [0.25, 0.3) is 0 Å². The van der Waals surface area contributed by atoms with Crippen molar-refractivity contribution in [2.45, 2.75) is 46.0 Å². The van der Waals surface area contributed by atoms with Gasteiger partial charge in [0.05, 0.1) is 6.33 Å². The summed E-state index contributed by atoms with van der Waals surface area (Å²) in [5.74, 6) is -0.256. The van der Waals surface area contributed by atoms with Crippen molar-refractivity contribution in [2.75, 3.05) is 6.54 Å². The van der Waals surface area contributed by atoms with Crippen LogP contribution in [0, 0.1) is 5.82 Å². The molecule has 0 saturated carbocycles. The molecule has 0 aliphatic rings. The molecule has 2 aromatic rings. The minimum absolute atomic E-state index is 0.234. The molecule has 2 aromatic carbocycles. The summed E-state index contributed by atoms with van der Waals surface area (Å²) in [7, 11) is 0. The van der Waals surface area contributed by atoms with E-state index in [1.807, 2.05) is 0 Å². The molecule has 146 valence electrons. The third-order valence-corrected chi connectivity index (χ3v) is 4.50. The van der Waals surface area contributed by atoms with Crippen LogP contribution in [0.5, 0.6) is 0 Å². The molecule has 0 heterocycles. The molecule has 0 spiro atoms. The van der Waals surface area contributed by atoms with E-state index < -0.39 is 0 Å². The smallest absolute Gasteiger partial charge is 0.123 e. The molecule has 0 atom stereocenters. The molecule has 0 aliphatic carbocycles. The van der Waals surface area contributed by atoms with Crippen LogP contribution in [0.3, 0.4) is 0 Å². The monoisotopic (exact) mass is 371 g/mol. The number of benzene rings is 2. The molecule has 0 amide bonds. The standard InChI is InChI=1S/C13H18.C11H13F2N/c1-3-12(4-2)10-11-13-8-6-5-7-9-13;12-7-10(8-14)2-1-9-3-5-11(13)6-4-9/h3,5-9H,4,10-11H2,1-2H3;3-7H,1-2,8,14H2/b12-3-;10-7+. The van der Waals surface area contributed by atoms with Crippen molar-refractivity contribution >= 4 is 0 Å². The number of rotatable bonds is 8. The zero-order valence-electron chi connectivity index (χ0n) is 16.4. The van der Waals surface area contributed by atoms with Crippen molar-refractivity contribution < 1.29 is 8.78 Å². The zero-order valence-corrected chi connectivity index (χ0v) is 16.4. The number of allylic oxidation sites excluding steroid dienone is 2. The largest absolute Gasteiger partial charge is 0.327 e. The van der Waals surface area contributed by atoms with Crippen molar-refractivity contribution in [3.63, 3.8) is 0 Å². The third kappa shape index (κ3) is 9.86. The lowest BCUT2D eigenvalue weighted by Gasteiger charge is -2.03. The molecular formula is C24H31F2N. The van der Waals surface area contributed by atoms with Crippen LogP contribution < -0.4 is 5.73 Å². The number of hydrogen-bond acceptors (Lipinski definition) is 1. The Morgan fingerprint density at radius 2 is 1.44 bits per heavy atom. The van der Waals surface area contributed by atoms with Crippen LogP contribution in [0.15, 0.2) is 78.1 Å². The van der Waals surface area contributed by atoms with Gasteiger partial charge in [-0.2, -0.15) is 0 Å². The maximum atomic E-state index is 12.5. The van der Waals surface area contributed by atoms with Crippen LogP contribution in [0.25, 0.3) is 0 Å². The van der Waals surface area contributed by atoms with Crippen LogP contribution >= 0.6 is 0 Å². The predicted octanol–water partition coefficient (Wildman–Crippen LogP) is 6.55. The Morgan fingerprint density at radius 3 is 1.93 bits per heavy atom. The number of hydrogen-bond donors (Lipinski definition) is 1. The molecule has 3 heteroatoms. The van der Waals surface area contributed by atoms with Gasteiger partial charge in [0.2, 0.25) is 0 Å². The number of halogens is 2. The summed E-state index contributed by atoms with van der Waals surface area (Å²) in [6.45, 7) is 4.59. The number of aryl methyl sites for hydroxylation is 2. The van der Waals surface area contributed by atoms with Gasteiger partial charge in [0.1, 0.15) is 5.82 Å². The third-order valence-electron chi connectivity index (χ3n) is 4.50. The van der Waals surface area contributed by atoms with Gasteiger partial charge in [0.15, 0.2) is 0 Å². The first kappa shape index (κ1) is 22.8. The van der Waals surface area contributed by atoms with Gasteiger partial charge in [-0.15, -0.1) is 0 Å². The molecule has 1 nitrogen and oxygen atoms in total. The van der Waals surface area contributed by atoms with E-state index in [1.54, 1.807) is 17.7 Å². The molecular weight excluding hydrogens is 340 g/mol. The summed E-state index contributed by atoms with van der Waals surface area (Å²) in [4.78, 5) is 0. The van der Waals surface area contributed by atoms with Crippen LogP contribution in [-0.2, 0) is 12.8 Å². The topological polar surface area (TPSA) is 26.0 Å². The Hall–Kier alpha value is -2.26. The second-order valence-electron chi connectivity index (χ2n) is 6.38. The van der Waals surface area contributed by atoms with E-state index in [0.717, 1.165) is 5.56 Å².